The molecule has 0 aliphatic heterocycles. The highest BCUT2D eigenvalue weighted by Gasteiger charge is 2.29. The Labute approximate surface area is 205 Å². The van der Waals surface area contributed by atoms with Crippen LogP contribution in [0.2, 0.25) is 0 Å². The van der Waals surface area contributed by atoms with E-state index in [-0.39, 0.29) is 30.4 Å². The second-order valence-electron chi connectivity index (χ2n) is 8.16. The van der Waals surface area contributed by atoms with Crippen LogP contribution in [0, 0.1) is 0 Å². The minimum atomic E-state index is -1.10. The van der Waals surface area contributed by atoms with Gasteiger partial charge in [-0.05, 0) is 47.4 Å². The van der Waals surface area contributed by atoms with Crippen LogP contribution in [0.4, 0.5) is 10.5 Å². The molecule has 3 N–H and O–H groups in total. The van der Waals surface area contributed by atoms with E-state index in [0.717, 1.165) is 22.3 Å². The number of carboxylic acid groups (broad SMARTS) is 1. The van der Waals surface area contributed by atoms with Crippen molar-refractivity contribution in [2.45, 2.75) is 25.3 Å². The predicted octanol–water partition coefficient (Wildman–Crippen LogP) is 5.40. The fourth-order valence-corrected chi connectivity index (χ4v) is 4.66. The molecule has 0 saturated heterocycles. The van der Waals surface area contributed by atoms with E-state index in [4.69, 9.17) is 9.84 Å². The van der Waals surface area contributed by atoms with Crippen molar-refractivity contribution in [1.29, 1.82) is 0 Å². The Balaban J connectivity index is 1.31. The molecular weight excluding hydrogens is 500 g/mol. The zero-order valence-corrected chi connectivity index (χ0v) is 20.0. The molecule has 174 valence electrons. The van der Waals surface area contributed by atoms with Gasteiger partial charge in [0.25, 0.3) is 0 Å². The van der Waals surface area contributed by atoms with Gasteiger partial charge >= 0.3 is 12.1 Å². The molecule has 2 amide bonds. The molecule has 34 heavy (non-hydrogen) atoms. The summed E-state index contributed by atoms with van der Waals surface area (Å²) in [7, 11) is 0. The van der Waals surface area contributed by atoms with Crippen LogP contribution in [0.1, 0.15) is 40.7 Å². The van der Waals surface area contributed by atoms with Gasteiger partial charge in [-0.3, -0.25) is 4.79 Å². The van der Waals surface area contributed by atoms with Crippen molar-refractivity contribution in [3.8, 4) is 11.1 Å². The maximum atomic E-state index is 12.4. The summed E-state index contributed by atoms with van der Waals surface area (Å²) in [5, 5.41) is 14.5. The van der Waals surface area contributed by atoms with E-state index in [1.165, 1.54) is 12.1 Å². The molecule has 0 saturated carbocycles. The summed E-state index contributed by atoms with van der Waals surface area (Å²) in [5.74, 6) is -1.50. The van der Waals surface area contributed by atoms with Crippen LogP contribution < -0.4 is 10.6 Å². The third kappa shape index (κ3) is 5.28. The van der Waals surface area contributed by atoms with Gasteiger partial charge in [-0.1, -0.05) is 64.5 Å². The lowest BCUT2D eigenvalue weighted by molar-refractivity contribution is -0.116. The van der Waals surface area contributed by atoms with Gasteiger partial charge in [-0.2, -0.15) is 0 Å². The number of carbonyl (C=O) groups excluding carboxylic acids is 2. The number of fused-ring (bicyclic) bond motifs is 3. The van der Waals surface area contributed by atoms with Crippen molar-refractivity contribution in [2.75, 3.05) is 11.9 Å². The number of amides is 2. The lowest BCUT2D eigenvalue weighted by Gasteiger charge is -2.17. The van der Waals surface area contributed by atoms with Gasteiger partial charge in [0, 0.05) is 28.5 Å². The number of hydrogen-bond donors (Lipinski definition) is 3. The maximum Gasteiger partial charge on any atom is 0.407 e. The van der Waals surface area contributed by atoms with Crippen molar-refractivity contribution in [1.82, 2.24) is 5.32 Å². The molecule has 1 aliphatic carbocycles. The van der Waals surface area contributed by atoms with Gasteiger partial charge in [0.1, 0.15) is 6.61 Å². The highest BCUT2D eigenvalue weighted by atomic mass is 79.9. The molecule has 0 fully saturated rings. The second kappa shape index (κ2) is 10.1. The molecule has 0 spiro atoms. The Morgan fingerprint density at radius 3 is 2.24 bits per heavy atom. The van der Waals surface area contributed by atoms with Crippen molar-refractivity contribution < 1.29 is 24.2 Å². The Morgan fingerprint density at radius 2 is 1.62 bits per heavy atom. The number of alkyl carbamates (subject to hydrolysis) is 1. The van der Waals surface area contributed by atoms with Gasteiger partial charge in [0.15, 0.2) is 0 Å². The minimum absolute atomic E-state index is 0.000879. The number of hydrogen-bond acceptors (Lipinski definition) is 4. The van der Waals surface area contributed by atoms with Crippen molar-refractivity contribution in [3.05, 3.63) is 87.9 Å². The molecule has 0 radical (unpaired) electrons. The Bertz CT molecular complexity index is 1210. The lowest BCUT2D eigenvalue weighted by Crippen LogP contribution is -2.36. The van der Waals surface area contributed by atoms with Crippen LogP contribution in [-0.2, 0) is 9.53 Å². The zero-order valence-electron chi connectivity index (χ0n) is 18.4. The average molecular weight is 523 g/mol. The third-order valence-electron chi connectivity index (χ3n) is 5.63. The number of aromatic carboxylic acids is 1. The van der Waals surface area contributed by atoms with E-state index in [2.05, 4.69) is 38.7 Å². The number of ether oxygens (including phenoxy) is 1. The third-order valence-corrected chi connectivity index (χ3v) is 6.09. The molecule has 0 aromatic heterocycles. The first kappa shape index (κ1) is 23.5. The lowest BCUT2D eigenvalue weighted by atomic mass is 9.98. The Kier molecular flexibility index (Phi) is 6.98. The first-order valence-electron chi connectivity index (χ1n) is 10.8. The number of halogens is 1. The predicted molar refractivity (Wildman–Crippen MR) is 132 cm³/mol. The van der Waals surface area contributed by atoms with Crippen molar-refractivity contribution in [3.63, 3.8) is 0 Å². The molecule has 4 rings (SSSR count). The van der Waals surface area contributed by atoms with Crippen LogP contribution in [0.25, 0.3) is 11.1 Å². The quantitative estimate of drug-likeness (QED) is 0.385. The molecule has 8 heteroatoms. The fraction of sp³-hybridized carbons (Fsp3) is 0.192. The van der Waals surface area contributed by atoms with Crippen molar-refractivity contribution in [2.24, 2.45) is 0 Å². The molecule has 1 unspecified atom stereocenters. The van der Waals surface area contributed by atoms with E-state index >= 15 is 0 Å². The Hall–Kier alpha value is -3.65. The largest absolute Gasteiger partial charge is 0.478 e. The smallest absolute Gasteiger partial charge is 0.407 e. The van der Waals surface area contributed by atoms with Gasteiger partial charge < -0.3 is 20.5 Å². The van der Waals surface area contributed by atoms with Gasteiger partial charge in [0.05, 0.1) is 5.56 Å². The number of nitrogens with one attached hydrogen (secondary N) is 2. The summed E-state index contributed by atoms with van der Waals surface area (Å²) in [4.78, 5) is 36.0. The normalized spacial score (nSPS) is 12.9. The summed E-state index contributed by atoms with van der Waals surface area (Å²) in [5.41, 5.74) is 4.95. The molecule has 1 atom stereocenters. The zero-order chi connectivity index (χ0) is 24.2. The first-order valence-corrected chi connectivity index (χ1v) is 11.6. The number of benzene rings is 3. The van der Waals surface area contributed by atoms with E-state index in [9.17, 15) is 14.4 Å². The minimum Gasteiger partial charge on any atom is -0.478 e. The summed E-state index contributed by atoms with van der Waals surface area (Å²) in [6.07, 6.45) is -0.600. The number of rotatable bonds is 7. The van der Waals surface area contributed by atoms with Crippen molar-refractivity contribution >= 4 is 39.6 Å². The monoisotopic (exact) mass is 522 g/mol. The average Bonchev–Trinajstić information content (AvgIpc) is 3.10. The number of anilines is 1. The maximum absolute atomic E-state index is 12.4. The molecule has 1 aliphatic rings. The molecule has 3 aromatic rings. The second-order valence-corrected chi connectivity index (χ2v) is 9.07. The van der Waals surface area contributed by atoms with E-state index in [1.807, 2.05) is 36.4 Å². The highest BCUT2D eigenvalue weighted by Crippen LogP contribution is 2.44. The summed E-state index contributed by atoms with van der Waals surface area (Å²) >= 11 is 3.23. The van der Waals surface area contributed by atoms with E-state index < -0.39 is 18.1 Å². The molecule has 3 aromatic carbocycles. The topological polar surface area (TPSA) is 105 Å². The number of carboxylic acids is 1. The standard InChI is InChI=1S/C26H23BrN2O5/c1-15(10-24(30)29-18-12-16(25(31)32)11-17(27)13-18)28-26(33)34-14-23-21-8-4-2-6-19(21)20-7-3-5-9-22(20)23/h2-9,11-13,15,23H,10,14H2,1H3,(H,28,33)(H,29,30)(H,31,32). The first-order chi connectivity index (χ1) is 16.3. The van der Waals surface area contributed by atoms with Gasteiger partial charge in [0.2, 0.25) is 5.91 Å². The molecule has 7 nitrogen and oxygen atoms in total. The van der Waals surface area contributed by atoms with Gasteiger partial charge in [-0.25, -0.2) is 9.59 Å². The molecule has 0 heterocycles. The van der Waals surface area contributed by atoms with Crippen LogP contribution in [0.15, 0.2) is 71.2 Å². The van der Waals surface area contributed by atoms with Crippen LogP contribution in [0.3, 0.4) is 0 Å². The SMILES string of the molecule is CC(CC(=O)Nc1cc(Br)cc(C(=O)O)c1)NC(=O)OCC1c2ccccc2-c2ccccc21. The molecular formula is C26H23BrN2O5. The molecule has 0 bridgehead atoms. The van der Waals surface area contributed by atoms with Crippen LogP contribution >= 0.6 is 15.9 Å². The highest BCUT2D eigenvalue weighted by molar-refractivity contribution is 9.10. The van der Waals surface area contributed by atoms with Crippen LogP contribution in [0.5, 0.6) is 0 Å². The Morgan fingerprint density at radius 1 is 1.00 bits per heavy atom. The summed E-state index contributed by atoms with van der Waals surface area (Å²) in [6, 6.07) is 20.1. The van der Waals surface area contributed by atoms with E-state index in [0.29, 0.717) is 10.2 Å². The van der Waals surface area contributed by atoms with E-state index in [1.54, 1.807) is 13.0 Å². The van der Waals surface area contributed by atoms with Crippen LogP contribution in [-0.4, -0.2) is 35.7 Å². The number of carbonyl (C=O) groups is 3. The fourth-order valence-electron chi connectivity index (χ4n) is 4.17. The summed E-state index contributed by atoms with van der Waals surface area (Å²) < 4.78 is 6.05. The van der Waals surface area contributed by atoms with Gasteiger partial charge in [-0.15, -0.1) is 0 Å². The summed E-state index contributed by atoms with van der Waals surface area (Å²) in [6.45, 7) is 1.89.